The van der Waals surface area contributed by atoms with Crippen molar-refractivity contribution in [1.82, 2.24) is 0 Å². The van der Waals surface area contributed by atoms with E-state index in [2.05, 4.69) is 5.32 Å². The Morgan fingerprint density at radius 3 is 2.48 bits per heavy atom. The molecule has 1 N–H and O–H groups in total. The number of carbonyl (C=O) groups excluding carboxylic acids is 1. The van der Waals surface area contributed by atoms with Gasteiger partial charge in [0.15, 0.2) is 6.61 Å². The van der Waals surface area contributed by atoms with Gasteiger partial charge < -0.3 is 14.5 Å². The quantitative estimate of drug-likeness (QED) is 0.397. The average molecular weight is 396 g/mol. The highest BCUT2D eigenvalue weighted by Crippen LogP contribution is 2.29. The van der Waals surface area contributed by atoms with Crippen LogP contribution in [0.2, 0.25) is 0 Å². The molecule has 0 spiro atoms. The molecule has 0 saturated heterocycles. The normalized spacial score (nSPS) is 10.8. The minimum Gasteiger partial charge on any atom is -0.483 e. The van der Waals surface area contributed by atoms with Crippen LogP contribution in [0.25, 0.3) is 11.0 Å². The summed E-state index contributed by atoms with van der Waals surface area (Å²) >= 11 is 0. The number of amides is 1. The molecule has 0 bridgehead atoms. The van der Waals surface area contributed by atoms with Crippen LogP contribution in [-0.2, 0) is 4.79 Å². The highest BCUT2D eigenvalue weighted by atomic mass is 16.6. The van der Waals surface area contributed by atoms with Crippen molar-refractivity contribution in [3.8, 4) is 5.75 Å². The van der Waals surface area contributed by atoms with Gasteiger partial charge in [-0.25, -0.2) is 4.79 Å². The molecule has 0 aliphatic heterocycles. The zero-order valence-corrected chi connectivity index (χ0v) is 16.5. The molecule has 0 unspecified atom stereocenters. The molecular formula is C21H20N2O6. The average Bonchev–Trinajstić information content (AvgIpc) is 2.64. The molecule has 2 aromatic carbocycles. The van der Waals surface area contributed by atoms with Crippen LogP contribution in [0.15, 0.2) is 39.5 Å². The van der Waals surface area contributed by atoms with Crippen LogP contribution in [0.4, 0.5) is 11.4 Å². The number of fused-ring (bicyclic) bond motifs is 1. The Morgan fingerprint density at radius 1 is 1.10 bits per heavy atom. The molecule has 0 atom stereocenters. The molecule has 150 valence electrons. The molecule has 1 amide bonds. The molecule has 0 saturated carbocycles. The number of nitrogens with zero attached hydrogens (tertiary/aromatic N) is 1. The molecule has 8 nitrogen and oxygen atoms in total. The van der Waals surface area contributed by atoms with Crippen LogP contribution >= 0.6 is 0 Å². The van der Waals surface area contributed by atoms with Crippen LogP contribution in [0.1, 0.15) is 22.3 Å². The standard InChI is InChI=1S/C21H20N2O6/c1-11-7-16(17(23(26)27)8-12(11)2)22-19(24)10-28-18-6-5-15-13(3)9-20(25)29-21(15)14(18)4/h5-9H,10H2,1-4H3,(H,22,24). The smallest absolute Gasteiger partial charge is 0.336 e. The monoisotopic (exact) mass is 396 g/mol. The Hall–Kier alpha value is -3.68. The first-order chi connectivity index (χ1) is 13.7. The predicted molar refractivity (Wildman–Crippen MR) is 109 cm³/mol. The van der Waals surface area contributed by atoms with Crippen LogP contribution in [0.3, 0.4) is 0 Å². The van der Waals surface area contributed by atoms with E-state index in [1.807, 2.05) is 6.92 Å². The lowest BCUT2D eigenvalue weighted by Crippen LogP contribution is -2.21. The molecule has 3 rings (SSSR count). The van der Waals surface area contributed by atoms with E-state index in [0.717, 1.165) is 22.1 Å². The maximum Gasteiger partial charge on any atom is 0.336 e. The van der Waals surface area contributed by atoms with E-state index in [-0.39, 0.29) is 18.0 Å². The fourth-order valence-electron chi connectivity index (χ4n) is 3.04. The van der Waals surface area contributed by atoms with Gasteiger partial charge in [0.2, 0.25) is 0 Å². The lowest BCUT2D eigenvalue weighted by Gasteiger charge is -2.12. The second kappa shape index (κ2) is 7.75. The van der Waals surface area contributed by atoms with Crippen LogP contribution < -0.4 is 15.7 Å². The van der Waals surface area contributed by atoms with E-state index in [1.165, 1.54) is 12.1 Å². The number of nitro benzene ring substituents is 1. The molecule has 0 aliphatic carbocycles. The molecular weight excluding hydrogens is 376 g/mol. The van der Waals surface area contributed by atoms with Gasteiger partial charge in [0, 0.05) is 23.1 Å². The lowest BCUT2D eigenvalue weighted by molar-refractivity contribution is -0.384. The third-order valence-electron chi connectivity index (χ3n) is 4.76. The van der Waals surface area contributed by atoms with Crippen molar-refractivity contribution in [2.24, 2.45) is 0 Å². The molecule has 0 aliphatic rings. The highest BCUT2D eigenvalue weighted by molar-refractivity contribution is 5.94. The number of carbonyl (C=O) groups is 1. The Kier molecular flexibility index (Phi) is 5.36. The Balaban J connectivity index is 1.80. The molecule has 0 fully saturated rings. The Morgan fingerprint density at radius 2 is 1.79 bits per heavy atom. The Bertz CT molecular complexity index is 1200. The van der Waals surface area contributed by atoms with E-state index in [0.29, 0.717) is 16.9 Å². The maximum atomic E-state index is 12.3. The SMILES string of the molecule is Cc1cc(NC(=O)COc2ccc3c(C)cc(=O)oc3c2C)c([N+](=O)[O-])cc1C. The number of aryl methyl sites for hydroxylation is 4. The minimum absolute atomic E-state index is 0.114. The summed E-state index contributed by atoms with van der Waals surface area (Å²) in [5.74, 6) is -0.155. The van der Waals surface area contributed by atoms with Crippen molar-refractivity contribution >= 4 is 28.3 Å². The maximum absolute atomic E-state index is 12.3. The number of anilines is 1. The molecule has 3 aromatic rings. The molecule has 29 heavy (non-hydrogen) atoms. The summed E-state index contributed by atoms with van der Waals surface area (Å²) < 4.78 is 10.8. The van der Waals surface area contributed by atoms with Gasteiger partial charge in [-0.2, -0.15) is 0 Å². The summed E-state index contributed by atoms with van der Waals surface area (Å²) in [7, 11) is 0. The largest absolute Gasteiger partial charge is 0.483 e. The van der Waals surface area contributed by atoms with E-state index in [1.54, 1.807) is 39.0 Å². The van der Waals surface area contributed by atoms with Gasteiger partial charge in [-0.15, -0.1) is 0 Å². The molecule has 1 aromatic heterocycles. The number of ether oxygens (including phenoxy) is 1. The van der Waals surface area contributed by atoms with Gasteiger partial charge in [-0.1, -0.05) is 0 Å². The number of rotatable bonds is 5. The third-order valence-corrected chi connectivity index (χ3v) is 4.76. The summed E-state index contributed by atoms with van der Waals surface area (Å²) in [5.41, 5.74) is 2.83. The number of nitro groups is 1. The van der Waals surface area contributed by atoms with Gasteiger partial charge in [0.25, 0.3) is 11.6 Å². The third kappa shape index (κ3) is 4.11. The van der Waals surface area contributed by atoms with Crippen molar-refractivity contribution in [1.29, 1.82) is 0 Å². The lowest BCUT2D eigenvalue weighted by atomic mass is 10.1. The number of hydrogen-bond donors (Lipinski definition) is 1. The van der Waals surface area contributed by atoms with Crippen molar-refractivity contribution < 1.29 is 18.9 Å². The zero-order chi connectivity index (χ0) is 21.3. The van der Waals surface area contributed by atoms with Gasteiger partial charge >= 0.3 is 5.63 Å². The van der Waals surface area contributed by atoms with E-state index < -0.39 is 16.5 Å². The summed E-state index contributed by atoms with van der Waals surface area (Å²) in [6.45, 7) is 6.75. The summed E-state index contributed by atoms with van der Waals surface area (Å²) in [5, 5.41) is 14.6. The number of hydrogen-bond acceptors (Lipinski definition) is 6. The van der Waals surface area contributed by atoms with Gasteiger partial charge in [0.1, 0.15) is 17.0 Å². The fraction of sp³-hybridized carbons (Fsp3) is 0.238. The first-order valence-corrected chi connectivity index (χ1v) is 8.89. The summed E-state index contributed by atoms with van der Waals surface area (Å²) in [4.78, 5) is 34.7. The number of benzene rings is 2. The zero-order valence-electron chi connectivity index (χ0n) is 16.5. The van der Waals surface area contributed by atoms with Crippen molar-refractivity contribution in [3.63, 3.8) is 0 Å². The van der Waals surface area contributed by atoms with E-state index in [9.17, 15) is 19.7 Å². The molecule has 1 heterocycles. The van der Waals surface area contributed by atoms with Crippen LogP contribution in [0, 0.1) is 37.8 Å². The van der Waals surface area contributed by atoms with Crippen LogP contribution in [-0.4, -0.2) is 17.4 Å². The van der Waals surface area contributed by atoms with E-state index >= 15 is 0 Å². The minimum atomic E-state index is -0.541. The second-order valence-corrected chi connectivity index (χ2v) is 6.86. The second-order valence-electron chi connectivity index (χ2n) is 6.86. The number of nitrogens with one attached hydrogen (secondary N) is 1. The first kappa shape index (κ1) is 20.1. The predicted octanol–water partition coefficient (Wildman–Crippen LogP) is 3.95. The molecule has 8 heteroatoms. The first-order valence-electron chi connectivity index (χ1n) is 8.89. The topological polar surface area (TPSA) is 112 Å². The van der Waals surface area contributed by atoms with Crippen LogP contribution in [0.5, 0.6) is 5.75 Å². The van der Waals surface area contributed by atoms with E-state index in [4.69, 9.17) is 9.15 Å². The Labute approximate surface area is 166 Å². The highest BCUT2D eigenvalue weighted by Gasteiger charge is 2.18. The van der Waals surface area contributed by atoms with Crippen molar-refractivity contribution in [3.05, 3.63) is 73.1 Å². The molecule has 0 radical (unpaired) electrons. The van der Waals surface area contributed by atoms with Crippen molar-refractivity contribution in [2.75, 3.05) is 11.9 Å². The fourth-order valence-corrected chi connectivity index (χ4v) is 3.04. The summed E-state index contributed by atoms with van der Waals surface area (Å²) in [6, 6.07) is 7.83. The van der Waals surface area contributed by atoms with Gasteiger partial charge in [-0.05, 0) is 62.6 Å². The van der Waals surface area contributed by atoms with Gasteiger partial charge in [-0.3, -0.25) is 14.9 Å². The summed E-state index contributed by atoms with van der Waals surface area (Å²) in [6.07, 6.45) is 0. The van der Waals surface area contributed by atoms with Crippen molar-refractivity contribution in [2.45, 2.75) is 27.7 Å². The van der Waals surface area contributed by atoms with Gasteiger partial charge in [0.05, 0.1) is 4.92 Å².